The van der Waals surface area contributed by atoms with Gasteiger partial charge in [-0.25, -0.2) is 0 Å². The van der Waals surface area contributed by atoms with Gasteiger partial charge in [0.2, 0.25) is 5.91 Å². The molecule has 0 spiro atoms. The Kier molecular flexibility index (Phi) is 45.7. The number of carbonyl (C=O) groups is 2. The van der Waals surface area contributed by atoms with E-state index in [9.17, 15) is 19.8 Å². The minimum atomic E-state index is -0.804. The summed E-state index contributed by atoms with van der Waals surface area (Å²) in [5.41, 5.74) is 0. The summed E-state index contributed by atoms with van der Waals surface area (Å²) in [5, 5.41) is 23.7. The summed E-state index contributed by atoms with van der Waals surface area (Å²) < 4.78 is 5.89. The number of carbonyl (C=O) groups excluding carboxylic acids is 2. The van der Waals surface area contributed by atoms with Crippen LogP contribution in [0.25, 0.3) is 0 Å². The molecule has 0 bridgehead atoms. The van der Waals surface area contributed by atoms with Crippen LogP contribution in [0.1, 0.15) is 226 Å². The van der Waals surface area contributed by atoms with Crippen LogP contribution >= 0.6 is 0 Å². The minimum absolute atomic E-state index is 0.0414. The molecule has 0 aromatic rings. The third-order valence-corrected chi connectivity index (χ3v) is 11.0. The number of aliphatic hydroxyl groups is 2. The largest absolute Gasteiger partial charge is 0.462 e. The Hall–Kier alpha value is -2.96. The SMILES string of the molecule is CC/C=C\C/C=C\C/C=C\C/C=C\C/C=C\CCCC(=O)OC(CCCCCCC/C=C/C/C=C/CC)CC(=O)NC(CO)C(O)CCCCCCCCCCCCCCC. The molecule has 0 aliphatic rings. The number of esters is 1. The quantitative estimate of drug-likeness (QED) is 0.0322. The van der Waals surface area contributed by atoms with Crippen LogP contribution in [0.15, 0.2) is 85.1 Å². The Balaban J connectivity index is 4.67. The highest BCUT2D eigenvalue weighted by Gasteiger charge is 2.24. The summed E-state index contributed by atoms with van der Waals surface area (Å²) in [6, 6.07) is -0.721. The summed E-state index contributed by atoms with van der Waals surface area (Å²) in [7, 11) is 0. The van der Waals surface area contributed by atoms with Crippen LogP contribution < -0.4 is 5.32 Å². The van der Waals surface area contributed by atoms with E-state index in [1.807, 2.05) is 0 Å². The fraction of sp³-hybridized carbons (Fsp3) is 0.709. The number of hydrogen-bond acceptors (Lipinski definition) is 5. The van der Waals surface area contributed by atoms with Crippen molar-refractivity contribution in [3.8, 4) is 0 Å². The maximum Gasteiger partial charge on any atom is 0.306 e. The van der Waals surface area contributed by atoms with Gasteiger partial charge in [0.1, 0.15) is 6.10 Å². The maximum absolute atomic E-state index is 13.2. The lowest BCUT2D eigenvalue weighted by molar-refractivity contribution is -0.151. The van der Waals surface area contributed by atoms with E-state index in [4.69, 9.17) is 4.74 Å². The van der Waals surface area contributed by atoms with E-state index >= 15 is 0 Å². The fourth-order valence-electron chi connectivity index (χ4n) is 7.21. The van der Waals surface area contributed by atoms with Crippen molar-refractivity contribution in [1.82, 2.24) is 5.32 Å². The Morgan fingerprint density at radius 2 is 0.885 bits per heavy atom. The Morgan fingerprint density at radius 3 is 1.34 bits per heavy atom. The summed E-state index contributed by atoms with van der Waals surface area (Å²) in [5.74, 6) is -0.563. The first-order valence-electron chi connectivity index (χ1n) is 25.3. The topological polar surface area (TPSA) is 95.9 Å². The van der Waals surface area contributed by atoms with Crippen LogP contribution in [0.3, 0.4) is 0 Å². The maximum atomic E-state index is 13.2. The van der Waals surface area contributed by atoms with Gasteiger partial charge in [-0.05, 0) is 89.9 Å². The molecule has 0 saturated heterocycles. The van der Waals surface area contributed by atoms with Crippen LogP contribution in [0.2, 0.25) is 0 Å². The number of unbranched alkanes of at least 4 members (excludes halogenated alkanes) is 18. The number of hydrogen-bond donors (Lipinski definition) is 3. The molecular weight excluding hydrogens is 755 g/mol. The monoisotopic (exact) mass is 850 g/mol. The lowest BCUT2D eigenvalue weighted by Crippen LogP contribution is -2.46. The Morgan fingerprint density at radius 1 is 0.492 bits per heavy atom. The molecule has 6 nitrogen and oxygen atoms in total. The second-order valence-corrected chi connectivity index (χ2v) is 16.8. The van der Waals surface area contributed by atoms with Crippen molar-refractivity contribution in [3.63, 3.8) is 0 Å². The molecule has 0 heterocycles. The molecule has 3 unspecified atom stereocenters. The van der Waals surface area contributed by atoms with Gasteiger partial charge in [0, 0.05) is 6.42 Å². The molecule has 6 heteroatoms. The van der Waals surface area contributed by atoms with Gasteiger partial charge in [-0.15, -0.1) is 0 Å². The van der Waals surface area contributed by atoms with E-state index in [-0.39, 0.29) is 24.9 Å². The number of allylic oxidation sites excluding steroid dienone is 14. The lowest BCUT2D eigenvalue weighted by Gasteiger charge is -2.24. The molecule has 0 radical (unpaired) electrons. The summed E-state index contributed by atoms with van der Waals surface area (Å²) >= 11 is 0. The number of amides is 1. The number of ether oxygens (including phenoxy) is 1. The van der Waals surface area contributed by atoms with E-state index in [2.05, 4.69) is 111 Å². The third kappa shape index (κ3) is 43.5. The predicted molar refractivity (Wildman–Crippen MR) is 264 cm³/mol. The van der Waals surface area contributed by atoms with Crippen LogP contribution in [0, 0.1) is 0 Å². The molecule has 3 atom stereocenters. The van der Waals surface area contributed by atoms with Gasteiger partial charge in [-0.3, -0.25) is 9.59 Å². The van der Waals surface area contributed by atoms with Gasteiger partial charge < -0.3 is 20.3 Å². The molecule has 350 valence electrons. The smallest absolute Gasteiger partial charge is 0.306 e. The molecule has 0 aliphatic heterocycles. The van der Waals surface area contributed by atoms with Crippen molar-refractivity contribution < 1.29 is 24.5 Å². The molecule has 1 amide bonds. The number of nitrogens with one attached hydrogen (secondary N) is 1. The Bertz CT molecular complexity index is 1180. The van der Waals surface area contributed by atoms with Crippen LogP contribution in [-0.4, -0.2) is 46.9 Å². The zero-order valence-corrected chi connectivity index (χ0v) is 39.8. The van der Waals surface area contributed by atoms with Gasteiger partial charge in [-0.2, -0.15) is 0 Å². The second kappa shape index (κ2) is 48.1. The summed E-state index contributed by atoms with van der Waals surface area (Å²) in [6.45, 7) is 6.24. The van der Waals surface area contributed by atoms with Crippen LogP contribution in [0.5, 0.6) is 0 Å². The highest BCUT2D eigenvalue weighted by Crippen LogP contribution is 2.17. The minimum Gasteiger partial charge on any atom is -0.462 e. The van der Waals surface area contributed by atoms with Crippen molar-refractivity contribution in [3.05, 3.63) is 85.1 Å². The number of aliphatic hydroxyl groups excluding tert-OH is 2. The van der Waals surface area contributed by atoms with Gasteiger partial charge in [0.05, 0.1) is 25.2 Å². The number of rotatable bonds is 44. The predicted octanol–water partition coefficient (Wildman–Crippen LogP) is 15.2. The van der Waals surface area contributed by atoms with Crippen molar-refractivity contribution in [2.24, 2.45) is 0 Å². The molecular formula is C55H95NO5. The molecule has 0 aromatic heterocycles. The molecule has 0 fully saturated rings. The van der Waals surface area contributed by atoms with Crippen LogP contribution in [0.4, 0.5) is 0 Å². The highest BCUT2D eigenvalue weighted by atomic mass is 16.5. The van der Waals surface area contributed by atoms with Crippen molar-refractivity contribution in [2.45, 2.75) is 244 Å². The van der Waals surface area contributed by atoms with E-state index in [1.165, 1.54) is 64.2 Å². The standard InChI is InChI=1S/C55H95NO5/c1-4-7-10-13-16-19-22-25-26-27-28-30-33-36-39-42-45-48-55(60)61-51(46-43-40-37-34-31-24-21-18-15-12-9-6-3)49-54(59)56-52(50-57)53(58)47-44-41-38-35-32-29-23-20-17-14-11-8-5-2/h7,9-10,12,16,18-19,21,25-26,28,30,36,39,51-53,57-58H,4-6,8,11,13-15,17,20,22-24,27,29,31-35,37-38,40-50H2,1-3H3,(H,56,59)/b10-7-,12-9+,19-16-,21-18+,26-25-,30-28-,39-36-. The van der Waals surface area contributed by atoms with E-state index in [1.54, 1.807) is 0 Å². The second-order valence-electron chi connectivity index (χ2n) is 16.8. The van der Waals surface area contributed by atoms with Gasteiger partial charge in [-0.1, -0.05) is 209 Å². The zero-order chi connectivity index (χ0) is 44.5. The van der Waals surface area contributed by atoms with Crippen molar-refractivity contribution >= 4 is 11.9 Å². The molecule has 0 rings (SSSR count). The molecule has 0 aromatic carbocycles. The van der Waals surface area contributed by atoms with Gasteiger partial charge >= 0.3 is 5.97 Å². The van der Waals surface area contributed by atoms with Crippen molar-refractivity contribution in [1.29, 1.82) is 0 Å². The first kappa shape index (κ1) is 58.0. The van der Waals surface area contributed by atoms with E-state index in [0.717, 1.165) is 109 Å². The third-order valence-electron chi connectivity index (χ3n) is 11.0. The van der Waals surface area contributed by atoms with E-state index in [0.29, 0.717) is 25.7 Å². The first-order chi connectivity index (χ1) is 30.0. The molecule has 61 heavy (non-hydrogen) atoms. The Labute approximate surface area is 376 Å². The summed E-state index contributed by atoms with van der Waals surface area (Å²) in [4.78, 5) is 26.1. The lowest BCUT2D eigenvalue weighted by atomic mass is 10.0. The molecule has 0 aliphatic carbocycles. The molecule has 3 N–H and O–H groups in total. The highest BCUT2D eigenvalue weighted by molar-refractivity contribution is 5.77. The summed E-state index contributed by atoms with van der Waals surface area (Å²) in [6.07, 6.45) is 62.2. The van der Waals surface area contributed by atoms with Crippen LogP contribution in [-0.2, 0) is 14.3 Å². The average Bonchev–Trinajstić information content (AvgIpc) is 3.25. The normalized spacial score (nSPS) is 14.0. The van der Waals surface area contributed by atoms with Crippen molar-refractivity contribution in [2.75, 3.05) is 6.61 Å². The average molecular weight is 850 g/mol. The van der Waals surface area contributed by atoms with Gasteiger partial charge in [0.15, 0.2) is 0 Å². The van der Waals surface area contributed by atoms with E-state index < -0.39 is 18.2 Å². The molecule has 0 saturated carbocycles. The fourth-order valence-corrected chi connectivity index (χ4v) is 7.21. The first-order valence-corrected chi connectivity index (χ1v) is 25.3. The van der Waals surface area contributed by atoms with Gasteiger partial charge in [0.25, 0.3) is 0 Å². The zero-order valence-electron chi connectivity index (χ0n) is 39.8.